The average molecular weight is 284 g/mol. The van der Waals surface area contributed by atoms with Crippen LogP contribution < -0.4 is 5.73 Å². The van der Waals surface area contributed by atoms with E-state index in [4.69, 9.17) is 5.73 Å². The van der Waals surface area contributed by atoms with Gasteiger partial charge in [-0.25, -0.2) is 8.78 Å². The lowest BCUT2D eigenvalue weighted by molar-refractivity contribution is 0.607. The zero-order chi connectivity index (χ0) is 11.7. The van der Waals surface area contributed by atoms with Gasteiger partial charge in [-0.1, -0.05) is 28.1 Å². The van der Waals surface area contributed by atoms with Crippen LogP contribution in [0.5, 0.6) is 0 Å². The van der Waals surface area contributed by atoms with Crippen LogP contribution in [0.2, 0.25) is 0 Å². The first-order valence-corrected chi connectivity index (χ1v) is 5.37. The maximum atomic E-state index is 13.6. The van der Waals surface area contributed by atoms with Crippen LogP contribution in [0.1, 0.15) is 0 Å². The average Bonchev–Trinajstić information content (AvgIpc) is 2.23. The summed E-state index contributed by atoms with van der Waals surface area (Å²) in [6, 6.07) is 9.09. The molecule has 2 N–H and O–H groups in total. The van der Waals surface area contributed by atoms with E-state index in [0.717, 1.165) is 16.6 Å². The van der Waals surface area contributed by atoms with E-state index < -0.39 is 11.6 Å². The van der Waals surface area contributed by atoms with Gasteiger partial charge < -0.3 is 5.73 Å². The second kappa shape index (κ2) is 4.22. The Morgan fingerprint density at radius 2 is 1.75 bits per heavy atom. The molecule has 82 valence electrons. The first-order chi connectivity index (χ1) is 7.58. The van der Waals surface area contributed by atoms with Crippen LogP contribution in [-0.2, 0) is 0 Å². The van der Waals surface area contributed by atoms with Gasteiger partial charge in [0.15, 0.2) is 0 Å². The van der Waals surface area contributed by atoms with E-state index in [1.807, 2.05) is 6.07 Å². The summed E-state index contributed by atoms with van der Waals surface area (Å²) < 4.78 is 27.6. The summed E-state index contributed by atoms with van der Waals surface area (Å²) in [4.78, 5) is 0. The molecule has 4 heteroatoms. The first-order valence-electron chi connectivity index (χ1n) is 4.58. The first kappa shape index (κ1) is 11.1. The maximum Gasteiger partial charge on any atom is 0.146 e. The molecule has 0 radical (unpaired) electrons. The van der Waals surface area contributed by atoms with Gasteiger partial charge in [0.25, 0.3) is 0 Å². The Morgan fingerprint density at radius 1 is 1.00 bits per heavy atom. The topological polar surface area (TPSA) is 26.0 Å². The van der Waals surface area contributed by atoms with Gasteiger partial charge in [-0.3, -0.25) is 0 Å². The Bertz CT molecular complexity index is 541. The highest BCUT2D eigenvalue weighted by molar-refractivity contribution is 9.10. The number of rotatable bonds is 1. The van der Waals surface area contributed by atoms with Gasteiger partial charge in [-0.05, 0) is 23.8 Å². The number of hydrogen-bond donors (Lipinski definition) is 1. The van der Waals surface area contributed by atoms with Crippen molar-refractivity contribution in [3.63, 3.8) is 0 Å². The Kier molecular flexibility index (Phi) is 2.92. The SMILES string of the molecule is Nc1cc(F)c(-c2cccc(Br)c2)cc1F. The molecule has 0 atom stereocenters. The van der Waals surface area contributed by atoms with E-state index in [-0.39, 0.29) is 11.3 Å². The number of anilines is 1. The third kappa shape index (κ3) is 2.07. The second-order valence-electron chi connectivity index (χ2n) is 3.36. The predicted molar refractivity (Wildman–Crippen MR) is 63.9 cm³/mol. The Labute approximate surface area is 100 Å². The molecule has 0 heterocycles. The molecule has 0 aliphatic rings. The zero-order valence-electron chi connectivity index (χ0n) is 8.18. The highest BCUT2D eigenvalue weighted by atomic mass is 79.9. The summed E-state index contributed by atoms with van der Waals surface area (Å²) in [7, 11) is 0. The van der Waals surface area contributed by atoms with Crippen LogP contribution in [0, 0.1) is 11.6 Å². The molecule has 2 rings (SSSR count). The van der Waals surface area contributed by atoms with E-state index >= 15 is 0 Å². The molecule has 0 unspecified atom stereocenters. The van der Waals surface area contributed by atoms with Crippen molar-refractivity contribution in [1.82, 2.24) is 0 Å². The molecule has 0 spiro atoms. The number of halogens is 3. The molecule has 16 heavy (non-hydrogen) atoms. The quantitative estimate of drug-likeness (QED) is 0.788. The third-order valence-corrected chi connectivity index (χ3v) is 2.72. The molecular formula is C12H8BrF2N. The minimum absolute atomic E-state index is 0.184. The van der Waals surface area contributed by atoms with E-state index in [9.17, 15) is 8.78 Å². The molecule has 1 nitrogen and oxygen atoms in total. The van der Waals surface area contributed by atoms with Crippen LogP contribution in [0.3, 0.4) is 0 Å². The van der Waals surface area contributed by atoms with Crippen molar-refractivity contribution in [3.05, 3.63) is 52.5 Å². The Hall–Kier alpha value is -1.42. The fraction of sp³-hybridized carbons (Fsp3) is 0. The Balaban J connectivity index is 2.60. The van der Waals surface area contributed by atoms with Crippen molar-refractivity contribution in [2.75, 3.05) is 5.73 Å². The zero-order valence-corrected chi connectivity index (χ0v) is 9.76. The van der Waals surface area contributed by atoms with E-state index in [0.29, 0.717) is 5.56 Å². The maximum absolute atomic E-state index is 13.6. The van der Waals surface area contributed by atoms with Crippen molar-refractivity contribution < 1.29 is 8.78 Å². The molecule has 0 aliphatic carbocycles. The number of nitrogen functional groups attached to an aromatic ring is 1. The van der Waals surface area contributed by atoms with Gasteiger partial charge in [-0.15, -0.1) is 0 Å². The molecule has 0 saturated carbocycles. The number of hydrogen-bond acceptors (Lipinski definition) is 1. The van der Waals surface area contributed by atoms with Gasteiger partial charge in [0.2, 0.25) is 0 Å². The highest BCUT2D eigenvalue weighted by Gasteiger charge is 2.09. The van der Waals surface area contributed by atoms with Crippen molar-refractivity contribution in [3.8, 4) is 11.1 Å². The lowest BCUT2D eigenvalue weighted by Gasteiger charge is -2.06. The summed E-state index contributed by atoms with van der Waals surface area (Å²) in [5.74, 6) is -1.15. The van der Waals surface area contributed by atoms with Crippen LogP contribution >= 0.6 is 15.9 Å². The number of nitrogens with two attached hydrogens (primary N) is 1. The van der Waals surface area contributed by atoms with E-state index in [1.165, 1.54) is 0 Å². The molecule has 0 fully saturated rings. The van der Waals surface area contributed by atoms with Crippen molar-refractivity contribution in [1.29, 1.82) is 0 Å². The van der Waals surface area contributed by atoms with Gasteiger partial charge in [0, 0.05) is 16.1 Å². The lowest BCUT2D eigenvalue weighted by atomic mass is 10.0. The standard InChI is InChI=1S/C12H8BrF2N/c13-8-3-1-2-7(4-8)9-5-11(15)12(16)6-10(9)14/h1-6H,16H2. The van der Waals surface area contributed by atoms with Crippen molar-refractivity contribution >= 4 is 21.6 Å². The highest BCUT2D eigenvalue weighted by Crippen LogP contribution is 2.28. The molecule has 0 aliphatic heterocycles. The lowest BCUT2D eigenvalue weighted by Crippen LogP contribution is -1.94. The minimum atomic E-state index is -0.614. The molecule has 0 amide bonds. The van der Waals surface area contributed by atoms with Gasteiger partial charge in [0.1, 0.15) is 11.6 Å². The van der Waals surface area contributed by atoms with Crippen LogP contribution in [0.25, 0.3) is 11.1 Å². The summed E-state index contributed by atoms with van der Waals surface area (Å²) in [5.41, 5.74) is 5.89. The summed E-state index contributed by atoms with van der Waals surface area (Å²) in [5, 5.41) is 0. The molecule has 0 bridgehead atoms. The summed E-state index contributed by atoms with van der Waals surface area (Å²) in [6.07, 6.45) is 0. The molecule has 0 saturated heterocycles. The minimum Gasteiger partial charge on any atom is -0.396 e. The van der Waals surface area contributed by atoms with Crippen molar-refractivity contribution in [2.45, 2.75) is 0 Å². The third-order valence-electron chi connectivity index (χ3n) is 2.22. The van der Waals surface area contributed by atoms with Crippen LogP contribution in [-0.4, -0.2) is 0 Å². The normalized spacial score (nSPS) is 10.4. The smallest absolute Gasteiger partial charge is 0.146 e. The van der Waals surface area contributed by atoms with Crippen molar-refractivity contribution in [2.24, 2.45) is 0 Å². The summed E-state index contributed by atoms with van der Waals surface area (Å²) >= 11 is 3.28. The van der Waals surface area contributed by atoms with Gasteiger partial charge in [-0.2, -0.15) is 0 Å². The fourth-order valence-corrected chi connectivity index (χ4v) is 1.84. The fourth-order valence-electron chi connectivity index (χ4n) is 1.44. The predicted octanol–water partition coefficient (Wildman–Crippen LogP) is 3.98. The van der Waals surface area contributed by atoms with Gasteiger partial charge in [0.05, 0.1) is 5.69 Å². The second-order valence-corrected chi connectivity index (χ2v) is 4.28. The largest absolute Gasteiger partial charge is 0.396 e. The Morgan fingerprint density at radius 3 is 2.44 bits per heavy atom. The molecular weight excluding hydrogens is 276 g/mol. The van der Waals surface area contributed by atoms with E-state index in [2.05, 4.69) is 15.9 Å². The molecule has 0 aromatic heterocycles. The summed E-state index contributed by atoms with van der Waals surface area (Å²) in [6.45, 7) is 0. The van der Waals surface area contributed by atoms with E-state index in [1.54, 1.807) is 18.2 Å². The number of benzene rings is 2. The molecule has 2 aromatic rings. The van der Waals surface area contributed by atoms with Gasteiger partial charge >= 0.3 is 0 Å². The molecule has 2 aromatic carbocycles. The monoisotopic (exact) mass is 283 g/mol. The van der Waals surface area contributed by atoms with Crippen LogP contribution in [0.4, 0.5) is 14.5 Å². The van der Waals surface area contributed by atoms with Crippen LogP contribution in [0.15, 0.2) is 40.9 Å².